The van der Waals surface area contributed by atoms with E-state index >= 15 is 0 Å². The van der Waals surface area contributed by atoms with Crippen molar-refractivity contribution in [2.75, 3.05) is 11.4 Å². The molecule has 0 amide bonds. The van der Waals surface area contributed by atoms with E-state index in [2.05, 4.69) is 43.0 Å². The van der Waals surface area contributed by atoms with Crippen molar-refractivity contribution in [1.29, 1.82) is 0 Å². The predicted molar refractivity (Wildman–Crippen MR) is 78.9 cm³/mol. The summed E-state index contributed by atoms with van der Waals surface area (Å²) in [6, 6.07) is 9.87. The number of anilines is 1. The van der Waals surface area contributed by atoms with Crippen LogP contribution < -0.4 is 10.6 Å². The van der Waals surface area contributed by atoms with E-state index in [9.17, 15) is 0 Å². The van der Waals surface area contributed by atoms with Crippen LogP contribution in [0, 0.1) is 0 Å². The minimum Gasteiger partial charge on any atom is -0.369 e. The van der Waals surface area contributed by atoms with Crippen molar-refractivity contribution < 1.29 is 0 Å². The highest BCUT2D eigenvalue weighted by atomic mass is 15.2. The van der Waals surface area contributed by atoms with Gasteiger partial charge in [-0.3, -0.25) is 0 Å². The fourth-order valence-corrected chi connectivity index (χ4v) is 2.39. The van der Waals surface area contributed by atoms with Gasteiger partial charge in [-0.2, -0.15) is 0 Å². The smallest absolute Gasteiger partial charge is 0.0368 e. The van der Waals surface area contributed by atoms with Crippen LogP contribution in [0.25, 0.3) is 0 Å². The molecule has 1 fully saturated rings. The standard InChI is InChI=1S/C16H26N2/c1-3-5-12-18(15-10-11-15)14-8-6-13(7-9-14)16(17)4-2/h6-9,15-16H,3-5,10-12,17H2,1-2H3/t16-/m0/s1. The largest absolute Gasteiger partial charge is 0.369 e. The summed E-state index contributed by atoms with van der Waals surface area (Å²) in [4.78, 5) is 2.57. The molecular formula is C16H26N2. The number of benzene rings is 1. The Kier molecular flexibility index (Phi) is 4.65. The maximum atomic E-state index is 6.06. The van der Waals surface area contributed by atoms with Gasteiger partial charge in [0, 0.05) is 24.3 Å². The van der Waals surface area contributed by atoms with Gasteiger partial charge in [0.05, 0.1) is 0 Å². The van der Waals surface area contributed by atoms with Crippen LogP contribution in [0.15, 0.2) is 24.3 Å². The summed E-state index contributed by atoms with van der Waals surface area (Å²) in [6.07, 6.45) is 6.27. The first kappa shape index (κ1) is 13.4. The Morgan fingerprint density at radius 3 is 2.39 bits per heavy atom. The maximum Gasteiger partial charge on any atom is 0.0368 e. The number of rotatable bonds is 7. The molecule has 0 aromatic heterocycles. The molecule has 0 saturated heterocycles. The lowest BCUT2D eigenvalue weighted by Gasteiger charge is -2.25. The van der Waals surface area contributed by atoms with E-state index in [4.69, 9.17) is 5.73 Å². The quantitative estimate of drug-likeness (QED) is 0.791. The fourth-order valence-electron chi connectivity index (χ4n) is 2.39. The van der Waals surface area contributed by atoms with Gasteiger partial charge < -0.3 is 10.6 Å². The molecule has 2 nitrogen and oxygen atoms in total. The molecule has 2 N–H and O–H groups in total. The highest BCUT2D eigenvalue weighted by Crippen LogP contribution is 2.32. The summed E-state index contributed by atoms with van der Waals surface area (Å²) in [5, 5.41) is 0. The molecule has 0 aliphatic heterocycles. The molecule has 1 aliphatic carbocycles. The third-order valence-corrected chi connectivity index (χ3v) is 3.83. The number of hydrogen-bond donors (Lipinski definition) is 1. The van der Waals surface area contributed by atoms with Gasteiger partial charge in [-0.15, -0.1) is 0 Å². The zero-order valence-electron chi connectivity index (χ0n) is 11.7. The second-order valence-corrected chi connectivity index (χ2v) is 5.38. The van der Waals surface area contributed by atoms with Crippen molar-refractivity contribution in [3.8, 4) is 0 Å². The second kappa shape index (κ2) is 6.24. The van der Waals surface area contributed by atoms with Crippen LogP contribution in [0.1, 0.15) is 57.6 Å². The van der Waals surface area contributed by atoms with Crippen molar-refractivity contribution in [3.63, 3.8) is 0 Å². The van der Waals surface area contributed by atoms with E-state index in [1.165, 1.54) is 43.5 Å². The molecule has 0 unspecified atom stereocenters. The SMILES string of the molecule is CCCCN(c1ccc([C@@H](N)CC)cc1)C1CC1. The van der Waals surface area contributed by atoms with Gasteiger partial charge in [0.25, 0.3) is 0 Å². The van der Waals surface area contributed by atoms with Crippen LogP contribution in [0.4, 0.5) is 5.69 Å². The van der Waals surface area contributed by atoms with E-state index in [1.54, 1.807) is 0 Å². The molecule has 2 rings (SSSR count). The summed E-state index contributed by atoms with van der Waals surface area (Å²) in [6.45, 7) is 5.59. The van der Waals surface area contributed by atoms with Crippen molar-refractivity contribution in [2.45, 2.75) is 58.0 Å². The Balaban J connectivity index is 2.05. The van der Waals surface area contributed by atoms with Gasteiger partial charge in [-0.1, -0.05) is 32.4 Å². The molecule has 0 spiro atoms. The molecule has 1 aromatic rings. The first-order chi connectivity index (χ1) is 8.76. The van der Waals surface area contributed by atoms with Crippen LogP contribution in [0.3, 0.4) is 0 Å². The Morgan fingerprint density at radius 2 is 1.89 bits per heavy atom. The first-order valence-electron chi connectivity index (χ1n) is 7.38. The lowest BCUT2D eigenvalue weighted by Crippen LogP contribution is -2.26. The average molecular weight is 246 g/mol. The number of nitrogens with zero attached hydrogens (tertiary/aromatic N) is 1. The van der Waals surface area contributed by atoms with E-state index in [1.807, 2.05) is 0 Å². The Bertz CT molecular complexity index is 354. The number of unbranched alkanes of at least 4 members (excludes halogenated alkanes) is 1. The second-order valence-electron chi connectivity index (χ2n) is 5.38. The van der Waals surface area contributed by atoms with Crippen LogP contribution in [-0.4, -0.2) is 12.6 Å². The van der Waals surface area contributed by atoms with Crippen molar-refractivity contribution in [2.24, 2.45) is 5.73 Å². The average Bonchev–Trinajstić information content (AvgIpc) is 3.24. The number of hydrogen-bond acceptors (Lipinski definition) is 2. The molecule has 100 valence electrons. The molecule has 2 heteroatoms. The fraction of sp³-hybridized carbons (Fsp3) is 0.625. The zero-order valence-corrected chi connectivity index (χ0v) is 11.7. The summed E-state index contributed by atoms with van der Waals surface area (Å²) in [5.41, 5.74) is 8.69. The third-order valence-electron chi connectivity index (χ3n) is 3.83. The van der Waals surface area contributed by atoms with E-state index in [0.29, 0.717) is 0 Å². The molecule has 1 aliphatic rings. The zero-order chi connectivity index (χ0) is 13.0. The molecule has 0 bridgehead atoms. The van der Waals surface area contributed by atoms with Gasteiger partial charge >= 0.3 is 0 Å². The topological polar surface area (TPSA) is 29.3 Å². The molecule has 1 atom stereocenters. The van der Waals surface area contributed by atoms with Gasteiger partial charge in [0.1, 0.15) is 0 Å². The van der Waals surface area contributed by atoms with Crippen LogP contribution in [0.2, 0.25) is 0 Å². The lowest BCUT2D eigenvalue weighted by atomic mass is 10.0. The Morgan fingerprint density at radius 1 is 1.22 bits per heavy atom. The molecule has 1 aromatic carbocycles. The van der Waals surface area contributed by atoms with E-state index in [0.717, 1.165) is 12.5 Å². The monoisotopic (exact) mass is 246 g/mol. The van der Waals surface area contributed by atoms with Gasteiger partial charge in [0.2, 0.25) is 0 Å². The van der Waals surface area contributed by atoms with E-state index in [-0.39, 0.29) is 6.04 Å². The summed E-state index contributed by atoms with van der Waals surface area (Å²) < 4.78 is 0. The molecule has 0 radical (unpaired) electrons. The predicted octanol–water partition coefficient (Wildman–Crippen LogP) is 3.87. The molecule has 0 heterocycles. The van der Waals surface area contributed by atoms with Crippen molar-refractivity contribution >= 4 is 5.69 Å². The van der Waals surface area contributed by atoms with Gasteiger partial charge in [0.15, 0.2) is 0 Å². The van der Waals surface area contributed by atoms with E-state index < -0.39 is 0 Å². The Labute approximate surface area is 111 Å². The number of nitrogens with two attached hydrogens (primary N) is 1. The van der Waals surface area contributed by atoms with Crippen LogP contribution in [-0.2, 0) is 0 Å². The minimum atomic E-state index is 0.184. The van der Waals surface area contributed by atoms with Gasteiger partial charge in [-0.25, -0.2) is 0 Å². The molecular weight excluding hydrogens is 220 g/mol. The summed E-state index contributed by atoms with van der Waals surface area (Å²) in [5.74, 6) is 0. The molecule has 18 heavy (non-hydrogen) atoms. The summed E-state index contributed by atoms with van der Waals surface area (Å²) >= 11 is 0. The highest BCUT2D eigenvalue weighted by molar-refractivity contribution is 5.50. The first-order valence-corrected chi connectivity index (χ1v) is 7.38. The Hall–Kier alpha value is -1.02. The van der Waals surface area contributed by atoms with Crippen molar-refractivity contribution in [3.05, 3.63) is 29.8 Å². The molecule has 1 saturated carbocycles. The maximum absolute atomic E-state index is 6.06. The lowest BCUT2D eigenvalue weighted by molar-refractivity contribution is 0.695. The minimum absolute atomic E-state index is 0.184. The van der Waals surface area contributed by atoms with Crippen molar-refractivity contribution in [1.82, 2.24) is 0 Å². The summed E-state index contributed by atoms with van der Waals surface area (Å²) in [7, 11) is 0. The van der Waals surface area contributed by atoms with Crippen LogP contribution >= 0.6 is 0 Å². The third kappa shape index (κ3) is 3.26. The van der Waals surface area contributed by atoms with Crippen LogP contribution in [0.5, 0.6) is 0 Å². The highest BCUT2D eigenvalue weighted by Gasteiger charge is 2.28. The van der Waals surface area contributed by atoms with Gasteiger partial charge in [-0.05, 0) is 43.4 Å². The normalized spacial score (nSPS) is 16.6.